The molecule has 2 aliphatic rings. The van der Waals surface area contributed by atoms with Crippen LogP contribution in [-0.2, 0) is 6.54 Å². The Labute approximate surface area is 152 Å². The number of piperidine rings is 1. The molecule has 3 heterocycles. The third-order valence-electron chi connectivity index (χ3n) is 5.00. The Morgan fingerprint density at radius 1 is 1.20 bits per heavy atom. The highest BCUT2D eigenvalue weighted by atomic mass is 32.1. The molecule has 1 aromatic carbocycles. The summed E-state index contributed by atoms with van der Waals surface area (Å²) < 4.78 is 13.4. The van der Waals surface area contributed by atoms with Crippen LogP contribution in [0.3, 0.4) is 0 Å². The lowest BCUT2D eigenvalue weighted by Gasteiger charge is -2.33. The quantitative estimate of drug-likeness (QED) is 0.875. The molecule has 1 aromatic heterocycles. The number of likely N-dealkylation sites (tertiary alicyclic amines) is 1. The standard InChI is InChI=1S/C19H25FN4S/c20-15-5-3-6-16(11-15)22-17-7-4-8-23(13-17)14-18-12-21-19(25-18)24-9-1-2-10-24/h3,5-6,11-12,17,22H,1-2,4,7-10,13-14H2/t17-/m0/s1. The molecule has 0 amide bonds. The van der Waals surface area contributed by atoms with Crippen molar-refractivity contribution in [2.75, 3.05) is 36.4 Å². The minimum Gasteiger partial charge on any atom is -0.381 e. The Morgan fingerprint density at radius 2 is 2.08 bits per heavy atom. The van der Waals surface area contributed by atoms with E-state index in [-0.39, 0.29) is 5.82 Å². The molecule has 2 aromatic rings. The second kappa shape index (κ2) is 7.70. The van der Waals surface area contributed by atoms with E-state index in [1.807, 2.05) is 23.6 Å². The van der Waals surface area contributed by atoms with Crippen LogP contribution in [0.15, 0.2) is 30.5 Å². The van der Waals surface area contributed by atoms with Crippen LogP contribution in [0.1, 0.15) is 30.6 Å². The lowest BCUT2D eigenvalue weighted by Crippen LogP contribution is -2.41. The minimum atomic E-state index is -0.184. The third-order valence-corrected chi connectivity index (χ3v) is 6.04. The van der Waals surface area contributed by atoms with E-state index in [0.717, 1.165) is 44.8 Å². The Bertz CT molecular complexity index is 698. The van der Waals surface area contributed by atoms with Gasteiger partial charge in [-0.2, -0.15) is 0 Å². The molecule has 2 aliphatic heterocycles. The largest absolute Gasteiger partial charge is 0.381 e. The van der Waals surface area contributed by atoms with Crippen molar-refractivity contribution >= 4 is 22.2 Å². The van der Waals surface area contributed by atoms with Gasteiger partial charge in [-0.15, -0.1) is 11.3 Å². The number of aromatic nitrogens is 1. The summed E-state index contributed by atoms with van der Waals surface area (Å²) in [4.78, 5) is 10.9. The Balaban J connectivity index is 1.33. The molecule has 134 valence electrons. The summed E-state index contributed by atoms with van der Waals surface area (Å²) in [6.07, 6.45) is 6.92. The third kappa shape index (κ3) is 4.30. The highest BCUT2D eigenvalue weighted by Crippen LogP contribution is 2.27. The number of rotatable bonds is 5. The molecule has 0 radical (unpaired) electrons. The molecule has 0 bridgehead atoms. The van der Waals surface area contributed by atoms with Crippen LogP contribution < -0.4 is 10.2 Å². The fourth-order valence-corrected chi connectivity index (χ4v) is 4.78. The molecule has 1 N–H and O–H groups in total. The monoisotopic (exact) mass is 360 g/mol. The number of benzene rings is 1. The maximum absolute atomic E-state index is 13.4. The van der Waals surface area contributed by atoms with Crippen molar-refractivity contribution in [2.24, 2.45) is 0 Å². The molecule has 4 rings (SSSR count). The van der Waals surface area contributed by atoms with Crippen LogP contribution in [0.25, 0.3) is 0 Å². The molecule has 0 unspecified atom stereocenters. The van der Waals surface area contributed by atoms with E-state index in [0.29, 0.717) is 6.04 Å². The topological polar surface area (TPSA) is 31.4 Å². The summed E-state index contributed by atoms with van der Waals surface area (Å²) in [5.74, 6) is -0.184. The first-order valence-electron chi connectivity index (χ1n) is 9.20. The van der Waals surface area contributed by atoms with Gasteiger partial charge in [0.2, 0.25) is 0 Å². The molecule has 2 saturated heterocycles. The zero-order valence-corrected chi connectivity index (χ0v) is 15.3. The average Bonchev–Trinajstić information content (AvgIpc) is 3.26. The number of nitrogens with one attached hydrogen (secondary N) is 1. The van der Waals surface area contributed by atoms with Gasteiger partial charge in [0.1, 0.15) is 5.82 Å². The lowest BCUT2D eigenvalue weighted by molar-refractivity contribution is 0.210. The van der Waals surface area contributed by atoms with Crippen LogP contribution in [0.4, 0.5) is 15.2 Å². The lowest BCUT2D eigenvalue weighted by atomic mass is 10.1. The van der Waals surface area contributed by atoms with Gasteiger partial charge in [-0.3, -0.25) is 4.90 Å². The zero-order chi connectivity index (χ0) is 17.1. The second-order valence-electron chi connectivity index (χ2n) is 7.03. The number of anilines is 2. The van der Waals surface area contributed by atoms with E-state index in [9.17, 15) is 4.39 Å². The molecule has 0 aliphatic carbocycles. The summed E-state index contributed by atoms with van der Waals surface area (Å²) in [6, 6.07) is 7.13. The average molecular weight is 361 g/mol. The van der Waals surface area contributed by atoms with E-state index in [2.05, 4.69) is 20.1 Å². The van der Waals surface area contributed by atoms with Crippen LogP contribution in [-0.4, -0.2) is 42.1 Å². The molecule has 0 spiro atoms. The molecule has 1 atom stereocenters. The summed E-state index contributed by atoms with van der Waals surface area (Å²) in [5, 5.41) is 4.66. The van der Waals surface area contributed by atoms with E-state index in [1.54, 1.807) is 12.1 Å². The first-order chi connectivity index (χ1) is 12.3. The Kier molecular flexibility index (Phi) is 5.17. The van der Waals surface area contributed by atoms with Crippen LogP contribution in [0.2, 0.25) is 0 Å². The normalized spacial score (nSPS) is 21.6. The van der Waals surface area contributed by atoms with E-state index < -0.39 is 0 Å². The first-order valence-corrected chi connectivity index (χ1v) is 10.0. The fraction of sp³-hybridized carbons (Fsp3) is 0.526. The van der Waals surface area contributed by atoms with Gasteiger partial charge in [0.05, 0.1) is 0 Å². The van der Waals surface area contributed by atoms with Gasteiger partial charge in [-0.1, -0.05) is 6.07 Å². The number of hydrogen-bond acceptors (Lipinski definition) is 5. The van der Waals surface area contributed by atoms with Gasteiger partial charge in [-0.25, -0.2) is 9.37 Å². The molecule has 4 nitrogen and oxygen atoms in total. The van der Waals surface area contributed by atoms with Crippen molar-refractivity contribution in [1.29, 1.82) is 0 Å². The minimum absolute atomic E-state index is 0.184. The van der Waals surface area contributed by atoms with Gasteiger partial charge in [-0.05, 0) is 50.4 Å². The highest BCUT2D eigenvalue weighted by molar-refractivity contribution is 7.15. The van der Waals surface area contributed by atoms with Crippen molar-refractivity contribution in [1.82, 2.24) is 9.88 Å². The van der Waals surface area contributed by atoms with Gasteiger partial charge < -0.3 is 10.2 Å². The Morgan fingerprint density at radius 3 is 2.92 bits per heavy atom. The van der Waals surface area contributed by atoms with Crippen molar-refractivity contribution in [2.45, 2.75) is 38.3 Å². The first kappa shape index (κ1) is 16.8. The van der Waals surface area contributed by atoms with E-state index in [4.69, 9.17) is 0 Å². The summed E-state index contributed by atoms with van der Waals surface area (Å²) in [5.41, 5.74) is 0.876. The highest BCUT2D eigenvalue weighted by Gasteiger charge is 2.21. The fourth-order valence-electron chi connectivity index (χ4n) is 3.78. The van der Waals surface area contributed by atoms with E-state index >= 15 is 0 Å². The summed E-state index contributed by atoms with van der Waals surface area (Å²) >= 11 is 1.83. The van der Waals surface area contributed by atoms with Crippen LogP contribution in [0.5, 0.6) is 0 Å². The maximum Gasteiger partial charge on any atom is 0.185 e. The van der Waals surface area contributed by atoms with E-state index in [1.165, 1.54) is 35.3 Å². The molecule has 2 fully saturated rings. The van der Waals surface area contributed by atoms with Gasteiger partial charge in [0, 0.05) is 49.0 Å². The molecule has 0 saturated carbocycles. The SMILES string of the molecule is Fc1cccc(N[C@H]2CCCN(Cc3cnc(N4CCCC4)s3)C2)c1. The van der Waals surface area contributed by atoms with Crippen molar-refractivity contribution in [3.8, 4) is 0 Å². The Hall–Kier alpha value is -1.66. The zero-order valence-electron chi connectivity index (χ0n) is 14.5. The van der Waals surface area contributed by atoms with Crippen molar-refractivity contribution in [3.05, 3.63) is 41.2 Å². The van der Waals surface area contributed by atoms with Gasteiger partial charge in [0.15, 0.2) is 5.13 Å². The predicted octanol–water partition coefficient (Wildman–Crippen LogP) is 3.96. The second-order valence-corrected chi connectivity index (χ2v) is 8.13. The molecule has 25 heavy (non-hydrogen) atoms. The summed E-state index contributed by atoms with van der Waals surface area (Å²) in [7, 11) is 0. The van der Waals surface area contributed by atoms with Crippen LogP contribution in [0, 0.1) is 5.82 Å². The van der Waals surface area contributed by atoms with Gasteiger partial charge >= 0.3 is 0 Å². The molecular formula is C19H25FN4S. The number of hydrogen-bond donors (Lipinski definition) is 1. The predicted molar refractivity (Wildman–Crippen MR) is 102 cm³/mol. The smallest absolute Gasteiger partial charge is 0.185 e. The van der Waals surface area contributed by atoms with Crippen LogP contribution >= 0.6 is 11.3 Å². The van der Waals surface area contributed by atoms with Gasteiger partial charge in [0.25, 0.3) is 0 Å². The maximum atomic E-state index is 13.4. The number of thiazole rings is 1. The summed E-state index contributed by atoms with van der Waals surface area (Å²) in [6.45, 7) is 5.38. The van der Waals surface area contributed by atoms with Crippen molar-refractivity contribution < 1.29 is 4.39 Å². The molecule has 6 heteroatoms. The number of halogens is 1. The number of nitrogens with zero attached hydrogens (tertiary/aromatic N) is 3. The van der Waals surface area contributed by atoms with Crippen molar-refractivity contribution in [3.63, 3.8) is 0 Å². The molecular weight excluding hydrogens is 335 g/mol.